The molecule has 0 atom stereocenters. The van der Waals surface area contributed by atoms with Crippen LogP contribution < -0.4 is 16.8 Å². The van der Waals surface area contributed by atoms with Crippen LogP contribution in [0.2, 0.25) is 0 Å². The van der Waals surface area contributed by atoms with Gasteiger partial charge in [0.15, 0.2) is 0 Å². The Balaban J connectivity index is 3.17. The van der Waals surface area contributed by atoms with Crippen molar-refractivity contribution >= 4 is 11.7 Å². The number of anilines is 1. The molecule has 0 unspecified atom stereocenters. The molecule has 0 aliphatic rings. The minimum atomic E-state index is -1.05. The van der Waals surface area contributed by atoms with Crippen LogP contribution in [-0.4, -0.2) is 11.1 Å². The van der Waals surface area contributed by atoms with Gasteiger partial charge in [-0.3, -0.25) is 0 Å². The first-order valence-electron chi connectivity index (χ1n) is 3.25. The van der Waals surface area contributed by atoms with E-state index in [1.54, 1.807) is 12.1 Å². The van der Waals surface area contributed by atoms with Crippen molar-refractivity contribution in [2.75, 3.05) is 5.12 Å². The van der Waals surface area contributed by atoms with E-state index in [1.165, 1.54) is 12.1 Å². The largest absolute Gasteiger partial charge is 0.478 e. The summed E-state index contributed by atoms with van der Waals surface area (Å²) in [6.07, 6.45) is 0. The monoisotopic (exact) mass is 167 g/mol. The molecule has 0 saturated heterocycles. The summed E-state index contributed by atoms with van der Waals surface area (Å²) in [6.45, 7) is 0. The maximum absolute atomic E-state index is 10.6. The average Bonchev–Trinajstić information content (AvgIpc) is 2.04. The summed E-state index contributed by atoms with van der Waals surface area (Å²) in [4.78, 5) is 10.6. The maximum Gasteiger partial charge on any atom is 0.337 e. The van der Waals surface area contributed by atoms with E-state index in [9.17, 15) is 4.79 Å². The van der Waals surface area contributed by atoms with Crippen molar-refractivity contribution in [3.63, 3.8) is 0 Å². The maximum atomic E-state index is 10.6. The Labute approximate surface area is 69.1 Å². The molecule has 5 N–H and O–H groups in total. The number of rotatable bonds is 2. The van der Waals surface area contributed by atoms with Gasteiger partial charge in [-0.15, -0.1) is 0 Å². The quantitative estimate of drug-likeness (QED) is 0.424. The highest BCUT2D eigenvalue weighted by Crippen LogP contribution is 2.15. The number of hydrogen-bond acceptors (Lipinski definition) is 4. The number of hydrogen-bond donors (Lipinski definition) is 3. The van der Waals surface area contributed by atoms with Crippen LogP contribution >= 0.6 is 0 Å². The fourth-order valence-corrected chi connectivity index (χ4v) is 0.880. The third kappa shape index (κ3) is 1.52. The molecule has 0 bridgehead atoms. The number of nitrogens with two attached hydrogens (primary N) is 2. The molecule has 5 nitrogen and oxygen atoms in total. The summed E-state index contributed by atoms with van der Waals surface area (Å²) in [6, 6.07) is 6.23. The van der Waals surface area contributed by atoms with Crippen LogP contribution in [0.25, 0.3) is 0 Å². The Morgan fingerprint density at radius 1 is 1.33 bits per heavy atom. The minimum Gasteiger partial charge on any atom is -0.478 e. The van der Waals surface area contributed by atoms with Gasteiger partial charge in [0.25, 0.3) is 0 Å². The Morgan fingerprint density at radius 2 is 1.92 bits per heavy atom. The van der Waals surface area contributed by atoms with Gasteiger partial charge in [0.1, 0.15) is 0 Å². The van der Waals surface area contributed by atoms with Gasteiger partial charge in [-0.2, -0.15) is 0 Å². The fraction of sp³-hybridized carbons (Fsp3) is 0. The molecule has 0 saturated carbocycles. The number of para-hydroxylation sites is 1. The summed E-state index contributed by atoms with van der Waals surface area (Å²) >= 11 is 0. The van der Waals surface area contributed by atoms with Crippen LogP contribution in [-0.2, 0) is 0 Å². The van der Waals surface area contributed by atoms with Crippen molar-refractivity contribution in [1.82, 2.24) is 0 Å². The van der Waals surface area contributed by atoms with Gasteiger partial charge in [-0.05, 0) is 12.1 Å². The van der Waals surface area contributed by atoms with E-state index in [2.05, 4.69) is 0 Å². The lowest BCUT2D eigenvalue weighted by atomic mass is 10.2. The van der Waals surface area contributed by atoms with Crippen LogP contribution in [0.15, 0.2) is 24.3 Å². The minimum absolute atomic E-state index is 0.0856. The number of aromatic carboxylic acids is 1. The Bertz CT molecular complexity index is 298. The smallest absolute Gasteiger partial charge is 0.337 e. The molecule has 0 fully saturated rings. The molecule has 1 rings (SSSR count). The Hall–Kier alpha value is -1.59. The van der Waals surface area contributed by atoms with E-state index in [0.29, 0.717) is 0 Å². The van der Waals surface area contributed by atoms with Crippen molar-refractivity contribution in [3.8, 4) is 0 Å². The van der Waals surface area contributed by atoms with E-state index in [1.807, 2.05) is 0 Å². The molecule has 64 valence electrons. The summed E-state index contributed by atoms with van der Waals surface area (Å²) < 4.78 is 0. The van der Waals surface area contributed by atoms with Gasteiger partial charge in [-0.25, -0.2) is 21.6 Å². The van der Waals surface area contributed by atoms with E-state index in [-0.39, 0.29) is 11.3 Å². The first-order chi connectivity index (χ1) is 5.63. The lowest BCUT2D eigenvalue weighted by Crippen LogP contribution is -2.38. The standard InChI is InChI=1S/C7H9N3O2/c8-10(9)6-4-2-1-3-5(6)7(11)12/h1-4H,8-9H2,(H,11,12). The van der Waals surface area contributed by atoms with Crippen LogP contribution in [0, 0.1) is 0 Å². The van der Waals surface area contributed by atoms with Crippen LogP contribution in [0.1, 0.15) is 10.4 Å². The van der Waals surface area contributed by atoms with Crippen LogP contribution in [0.3, 0.4) is 0 Å². The number of benzene rings is 1. The third-order valence-corrected chi connectivity index (χ3v) is 1.41. The van der Waals surface area contributed by atoms with E-state index in [4.69, 9.17) is 16.8 Å². The van der Waals surface area contributed by atoms with Crippen molar-refractivity contribution in [3.05, 3.63) is 29.8 Å². The molecule has 1 aromatic carbocycles. The highest BCUT2D eigenvalue weighted by molar-refractivity contribution is 5.94. The molecule has 1 aromatic rings. The van der Waals surface area contributed by atoms with E-state index in [0.717, 1.165) is 5.12 Å². The molecule has 0 aliphatic carbocycles. The van der Waals surface area contributed by atoms with Crippen molar-refractivity contribution in [2.45, 2.75) is 0 Å². The first kappa shape index (κ1) is 8.51. The molecule has 12 heavy (non-hydrogen) atoms. The normalized spacial score (nSPS) is 9.50. The SMILES string of the molecule is NN(N)c1ccccc1C(=O)O. The van der Waals surface area contributed by atoms with E-state index < -0.39 is 5.97 Å². The predicted molar refractivity (Wildman–Crippen MR) is 44.3 cm³/mol. The molecule has 0 radical (unpaired) electrons. The van der Waals surface area contributed by atoms with Crippen LogP contribution in [0.4, 0.5) is 5.69 Å². The Kier molecular flexibility index (Phi) is 2.27. The lowest BCUT2D eigenvalue weighted by molar-refractivity contribution is 0.0697. The van der Waals surface area contributed by atoms with Crippen molar-refractivity contribution in [1.29, 1.82) is 0 Å². The predicted octanol–water partition coefficient (Wildman–Crippen LogP) is -0.0614. The summed E-state index contributed by atoms with van der Waals surface area (Å²) in [5.74, 6) is 9.35. The van der Waals surface area contributed by atoms with Crippen LogP contribution in [0.5, 0.6) is 0 Å². The zero-order valence-corrected chi connectivity index (χ0v) is 6.27. The van der Waals surface area contributed by atoms with Gasteiger partial charge in [0.2, 0.25) is 0 Å². The summed E-state index contributed by atoms with van der Waals surface area (Å²) in [7, 11) is 0. The average molecular weight is 167 g/mol. The van der Waals surface area contributed by atoms with Gasteiger partial charge in [0, 0.05) is 0 Å². The zero-order chi connectivity index (χ0) is 9.14. The van der Waals surface area contributed by atoms with Crippen molar-refractivity contribution < 1.29 is 9.90 Å². The topological polar surface area (TPSA) is 92.6 Å². The highest BCUT2D eigenvalue weighted by atomic mass is 16.4. The second-order valence-corrected chi connectivity index (χ2v) is 2.23. The van der Waals surface area contributed by atoms with Gasteiger partial charge < -0.3 is 5.11 Å². The van der Waals surface area contributed by atoms with E-state index >= 15 is 0 Å². The summed E-state index contributed by atoms with van der Waals surface area (Å²) in [5, 5.41) is 9.46. The number of carboxylic acids is 1. The zero-order valence-electron chi connectivity index (χ0n) is 6.27. The number of nitrogens with zero attached hydrogens (tertiary/aromatic N) is 1. The molecule has 5 heteroatoms. The number of carbonyl (C=O) groups is 1. The lowest BCUT2D eigenvalue weighted by Gasteiger charge is -2.13. The molecule has 0 aromatic heterocycles. The summed E-state index contributed by atoms with van der Waals surface area (Å²) in [5.41, 5.74) is 0.368. The third-order valence-electron chi connectivity index (χ3n) is 1.41. The second kappa shape index (κ2) is 3.21. The molecule has 0 amide bonds. The molecule has 0 spiro atoms. The number of carboxylic acid groups (broad SMARTS) is 1. The molecular formula is C7H9N3O2. The molecule has 0 aliphatic heterocycles. The second-order valence-electron chi connectivity index (χ2n) is 2.23. The highest BCUT2D eigenvalue weighted by Gasteiger charge is 2.10. The van der Waals surface area contributed by atoms with Gasteiger partial charge in [-0.1, -0.05) is 12.1 Å². The molecular weight excluding hydrogens is 158 g/mol. The molecule has 0 heterocycles. The number of hydrazine groups is 2. The first-order valence-corrected chi connectivity index (χ1v) is 3.25. The van der Waals surface area contributed by atoms with Crippen molar-refractivity contribution in [2.24, 2.45) is 11.7 Å². The van der Waals surface area contributed by atoms with Gasteiger partial charge in [0.05, 0.1) is 11.3 Å². The Morgan fingerprint density at radius 3 is 2.33 bits per heavy atom. The fourth-order valence-electron chi connectivity index (χ4n) is 0.880. The van der Waals surface area contributed by atoms with Gasteiger partial charge >= 0.3 is 5.97 Å².